The topological polar surface area (TPSA) is 110 Å². The van der Waals surface area contributed by atoms with Crippen molar-refractivity contribution in [2.75, 3.05) is 6.61 Å². The summed E-state index contributed by atoms with van der Waals surface area (Å²) >= 11 is 0. The van der Waals surface area contributed by atoms with Gasteiger partial charge in [0.2, 0.25) is 5.76 Å². The highest BCUT2D eigenvalue weighted by Gasteiger charge is 2.46. The second-order valence-corrected chi connectivity index (χ2v) is 11.8. The van der Waals surface area contributed by atoms with Gasteiger partial charge in [-0.3, -0.25) is 13.6 Å². The minimum atomic E-state index is -4.46. The third-order valence-corrected chi connectivity index (χ3v) is 8.12. The number of esters is 1. The molecule has 0 spiro atoms. The highest BCUT2D eigenvalue weighted by Crippen LogP contribution is 2.53. The molecule has 0 saturated heterocycles. The average Bonchev–Trinajstić information content (AvgIpc) is 3.39. The van der Waals surface area contributed by atoms with Crippen LogP contribution in [0.4, 0.5) is 8.78 Å². The zero-order chi connectivity index (χ0) is 32.4. The summed E-state index contributed by atoms with van der Waals surface area (Å²) in [6.07, 6.45) is -2.98. The maximum Gasteiger partial charge on any atom is 0.475 e. The number of hydrogen-bond acceptors (Lipinski definition) is 9. The van der Waals surface area contributed by atoms with Crippen LogP contribution in [0.1, 0.15) is 22.3 Å². The van der Waals surface area contributed by atoms with Gasteiger partial charge in [-0.25, -0.2) is 18.1 Å². The summed E-state index contributed by atoms with van der Waals surface area (Å²) < 4.78 is 75.9. The van der Waals surface area contributed by atoms with Gasteiger partial charge in [-0.05, 0) is 46.5 Å². The Morgan fingerprint density at radius 1 is 0.696 bits per heavy atom. The van der Waals surface area contributed by atoms with Crippen molar-refractivity contribution in [2.24, 2.45) is 0 Å². The van der Waals surface area contributed by atoms with Crippen LogP contribution in [0.25, 0.3) is 0 Å². The molecular weight excluding hydrogens is 621 g/mol. The van der Waals surface area contributed by atoms with E-state index in [1.165, 1.54) is 36.4 Å². The normalized spacial score (nSPS) is 15.5. The highest BCUT2D eigenvalue weighted by atomic mass is 31.2. The fourth-order valence-electron chi connectivity index (χ4n) is 4.45. The minimum Gasteiger partial charge on any atom is -0.485 e. The Kier molecular flexibility index (Phi) is 11.3. The van der Waals surface area contributed by atoms with Gasteiger partial charge in [0.25, 0.3) is 0 Å². The monoisotopic (exact) mass is 652 g/mol. The number of aliphatic hydroxyl groups is 1. The fourth-order valence-corrected chi connectivity index (χ4v) is 5.77. The molecule has 0 bridgehead atoms. The summed E-state index contributed by atoms with van der Waals surface area (Å²) in [5, 5.41) is 10.4. The van der Waals surface area contributed by atoms with Gasteiger partial charge in [-0.2, -0.15) is 0 Å². The van der Waals surface area contributed by atoms with Crippen molar-refractivity contribution in [3.63, 3.8) is 0 Å². The molecule has 2 unspecified atom stereocenters. The van der Waals surface area contributed by atoms with Crippen LogP contribution >= 0.6 is 7.82 Å². The summed E-state index contributed by atoms with van der Waals surface area (Å²) in [5.41, 5.74) is 2.18. The lowest BCUT2D eigenvalue weighted by Gasteiger charge is -2.27. The maximum atomic E-state index is 14.0. The van der Waals surface area contributed by atoms with Gasteiger partial charge in [0.05, 0.1) is 19.8 Å². The number of phosphoric acid groups is 1. The van der Waals surface area contributed by atoms with Crippen LogP contribution in [0.5, 0.6) is 0 Å². The third-order valence-electron chi connectivity index (χ3n) is 6.70. The van der Waals surface area contributed by atoms with E-state index in [1.54, 1.807) is 60.7 Å². The van der Waals surface area contributed by atoms with Crippen molar-refractivity contribution < 1.29 is 51.0 Å². The number of carbonyl (C=O) groups excluding carboxylic acids is 1. The zero-order valence-corrected chi connectivity index (χ0v) is 25.4. The van der Waals surface area contributed by atoms with Gasteiger partial charge in [0.1, 0.15) is 31.0 Å². The fraction of sp³-hybridized carbons (Fsp3) is 0.206. The molecule has 1 aliphatic heterocycles. The first-order valence-corrected chi connectivity index (χ1v) is 15.7. The zero-order valence-electron chi connectivity index (χ0n) is 24.5. The molecule has 1 N–H and O–H groups in total. The lowest BCUT2D eigenvalue weighted by atomic mass is 10.1. The third kappa shape index (κ3) is 9.09. The van der Waals surface area contributed by atoms with Crippen LogP contribution < -0.4 is 0 Å². The standard InChI is InChI=1S/C34H31F2O9P/c35-28-15-7-13-26(17-28)20-40-32-31(44-34(38)33(32)41-21-27-14-8-16-29(36)18-27)30(19-37)45-46(39,42-22-24-9-3-1-4-10-24)43-23-25-11-5-2-6-12-25/h1-18,30-31,37H,19-23H2. The van der Waals surface area contributed by atoms with Crippen molar-refractivity contribution >= 4 is 13.8 Å². The Morgan fingerprint density at radius 2 is 1.20 bits per heavy atom. The number of hydrogen-bond donors (Lipinski definition) is 1. The van der Waals surface area contributed by atoms with E-state index in [2.05, 4.69) is 0 Å². The number of ether oxygens (including phenoxy) is 3. The van der Waals surface area contributed by atoms with E-state index in [-0.39, 0.29) is 37.9 Å². The SMILES string of the molecule is O=C1OC(C(CO)OP(=O)(OCc2ccccc2)OCc2ccccc2)C(OCc2cccc(F)c2)=C1OCc1cccc(F)c1. The summed E-state index contributed by atoms with van der Waals surface area (Å²) in [6.45, 7) is -1.58. The van der Waals surface area contributed by atoms with E-state index < -0.39 is 44.2 Å². The molecule has 9 nitrogen and oxygen atoms in total. The number of halogens is 2. The first-order valence-electron chi connectivity index (χ1n) is 14.3. The molecule has 46 heavy (non-hydrogen) atoms. The molecule has 1 heterocycles. The first kappa shape index (κ1) is 33.0. The second-order valence-electron chi connectivity index (χ2n) is 10.1. The summed E-state index contributed by atoms with van der Waals surface area (Å²) in [7, 11) is -4.46. The largest absolute Gasteiger partial charge is 0.485 e. The van der Waals surface area contributed by atoms with Crippen LogP contribution in [0.2, 0.25) is 0 Å². The van der Waals surface area contributed by atoms with Crippen LogP contribution in [0, 0.1) is 11.6 Å². The molecule has 0 fully saturated rings. The number of carbonyl (C=O) groups is 1. The molecule has 0 radical (unpaired) electrons. The summed E-state index contributed by atoms with van der Waals surface area (Å²) in [4.78, 5) is 13.1. The number of cyclic esters (lactones) is 1. The van der Waals surface area contributed by atoms with Crippen molar-refractivity contribution in [1.82, 2.24) is 0 Å². The summed E-state index contributed by atoms with van der Waals surface area (Å²) in [6, 6.07) is 28.9. The summed E-state index contributed by atoms with van der Waals surface area (Å²) in [5.74, 6) is -2.56. The maximum absolute atomic E-state index is 14.0. The Hall–Kier alpha value is -4.38. The molecule has 2 atom stereocenters. The molecular formula is C34H31F2O9P. The van der Waals surface area contributed by atoms with Crippen LogP contribution in [0.3, 0.4) is 0 Å². The molecule has 0 saturated carbocycles. The van der Waals surface area contributed by atoms with E-state index >= 15 is 0 Å². The molecule has 1 aliphatic rings. The molecule has 4 aromatic rings. The van der Waals surface area contributed by atoms with Crippen molar-refractivity contribution in [3.8, 4) is 0 Å². The van der Waals surface area contributed by atoms with Crippen LogP contribution in [0.15, 0.2) is 121 Å². The van der Waals surface area contributed by atoms with E-state index in [1.807, 2.05) is 12.1 Å². The highest BCUT2D eigenvalue weighted by molar-refractivity contribution is 7.48. The molecule has 12 heteroatoms. The number of phosphoric ester groups is 1. The molecule has 0 aliphatic carbocycles. The van der Waals surface area contributed by atoms with Gasteiger partial charge in [-0.15, -0.1) is 0 Å². The van der Waals surface area contributed by atoms with E-state index in [0.717, 1.165) is 0 Å². The Balaban J connectivity index is 1.41. The predicted molar refractivity (Wildman–Crippen MR) is 161 cm³/mol. The van der Waals surface area contributed by atoms with Crippen molar-refractivity contribution in [3.05, 3.63) is 155 Å². The average molecular weight is 653 g/mol. The van der Waals surface area contributed by atoms with Gasteiger partial charge in [0.15, 0.2) is 11.9 Å². The molecule has 4 aromatic carbocycles. The quantitative estimate of drug-likeness (QED) is 0.104. The smallest absolute Gasteiger partial charge is 0.475 e. The van der Waals surface area contributed by atoms with Crippen molar-refractivity contribution in [1.29, 1.82) is 0 Å². The van der Waals surface area contributed by atoms with Crippen LogP contribution in [-0.2, 0) is 63.6 Å². The number of aliphatic hydroxyl groups excluding tert-OH is 1. The lowest BCUT2D eigenvalue weighted by molar-refractivity contribution is -0.148. The van der Waals surface area contributed by atoms with Crippen molar-refractivity contribution in [2.45, 2.75) is 38.6 Å². The molecule has 0 amide bonds. The van der Waals surface area contributed by atoms with Gasteiger partial charge in [-0.1, -0.05) is 84.9 Å². The van der Waals surface area contributed by atoms with Gasteiger partial charge in [0, 0.05) is 0 Å². The first-order chi connectivity index (χ1) is 22.3. The Morgan fingerprint density at radius 3 is 1.70 bits per heavy atom. The number of rotatable bonds is 16. The number of benzene rings is 4. The minimum absolute atomic E-state index is 0.156. The molecule has 240 valence electrons. The van der Waals surface area contributed by atoms with Gasteiger partial charge < -0.3 is 19.3 Å². The molecule has 0 aromatic heterocycles. The van der Waals surface area contributed by atoms with E-state index in [0.29, 0.717) is 22.3 Å². The van der Waals surface area contributed by atoms with E-state index in [9.17, 15) is 23.2 Å². The Labute approximate surface area is 264 Å². The second kappa shape index (κ2) is 15.8. The van der Waals surface area contributed by atoms with Crippen LogP contribution in [-0.4, -0.2) is 29.9 Å². The van der Waals surface area contributed by atoms with Gasteiger partial charge >= 0.3 is 13.8 Å². The lowest BCUT2D eigenvalue weighted by Crippen LogP contribution is -2.35. The predicted octanol–water partition coefficient (Wildman–Crippen LogP) is 6.75. The molecule has 5 rings (SSSR count). The Bertz CT molecular complexity index is 1640. The van der Waals surface area contributed by atoms with E-state index in [4.69, 9.17) is 27.8 Å².